The van der Waals surface area contributed by atoms with Crippen LogP contribution in [0.25, 0.3) is 5.57 Å². The highest BCUT2D eigenvalue weighted by Crippen LogP contribution is 2.19. The van der Waals surface area contributed by atoms with Crippen molar-refractivity contribution in [2.24, 2.45) is 0 Å². The molecular weight excluding hydrogens is 181 g/mol. The number of benzene rings is 1. The lowest BCUT2D eigenvalue weighted by Crippen LogP contribution is -1.96. The molecule has 1 aromatic rings. The van der Waals surface area contributed by atoms with Gasteiger partial charge in [0, 0.05) is 17.3 Å². The number of allylic oxidation sites excluding steroid dienone is 2. The van der Waals surface area contributed by atoms with Gasteiger partial charge in [0.1, 0.15) is 5.82 Å². The Kier molecular flexibility index (Phi) is 3.54. The minimum absolute atomic E-state index is 0.253. The number of nitrogens with one attached hydrogen (secondary N) is 1. The molecule has 0 aliphatic rings. The molecule has 0 unspecified atom stereocenters. The van der Waals surface area contributed by atoms with Gasteiger partial charge in [0.05, 0.1) is 6.61 Å². The summed E-state index contributed by atoms with van der Waals surface area (Å²) < 4.78 is 13.6. The van der Waals surface area contributed by atoms with Crippen LogP contribution in [0.15, 0.2) is 24.3 Å². The van der Waals surface area contributed by atoms with Crippen LogP contribution in [0.5, 0.6) is 0 Å². The quantitative estimate of drug-likeness (QED) is 0.711. The van der Waals surface area contributed by atoms with E-state index in [4.69, 9.17) is 10.5 Å². The molecule has 0 atom stereocenters. The van der Waals surface area contributed by atoms with Gasteiger partial charge in [-0.15, -0.1) is 0 Å². The van der Waals surface area contributed by atoms with Gasteiger partial charge in [0.15, 0.2) is 0 Å². The molecule has 0 aromatic heterocycles. The molecule has 1 rings (SSSR count). The molecule has 0 spiro atoms. The molecule has 0 saturated carbocycles. The zero-order valence-corrected chi connectivity index (χ0v) is 7.92. The second-order valence-corrected chi connectivity index (χ2v) is 2.83. The standard InChI is InChI=1S/C11H12FNO/c1-2-8(6-13)10-5-3-4-9(7-14)11(10)12/h2-6,13-14H,7H2,1H3/b8-2+,13-6?. The second-order valence-electron chi connectivity index (χ2n) is 2.83. The van der Waals surface area contributed by atoms with Crippen molar-refractivity contribution < 1.29 is 9.50 Å². The van der Waals surface area contributed by atoms with Crippen LogP contribution in [-0.2, 0) is 6.61 Å². The summed E-state index contributed by atoms with van der Waals surface area (Å²) in [7, 11) is 0. The fraction of sp³-hybridized carbons (Fsp3) is 0.182. The lowest BCUT2D eigenvalue weighted by Gasteiger charge is -2.06. The lowest BCUT2D eigenvalue weighted by atomic mass is 10.0. The smallest absolute Gasteiger partial charge is 0.136 e. The molecule has 2 N–H and O–H groups in total. The van der Waals surface area contributed by atoms with Crippen molar-refractivity contribution in [2.75, 3.05) is 0 Å². The first-order chi connectivity index (χ1) is 6.74. The van der Waals surface area contributed by atoms with Gasteiger partial charge in [-0.25, -0.2) is 4.39 Å². The van der Waals surface area contributed by atoms with E-state index < -0.39 is 5.82 Å². The Bertz CT molecular complexity index is 372. The van der Waals surface area contributed by atoms with E-state index in [-0.39, 0.29) is 12.2 Å². The number of rotatable bonds is 3. The SMILES string of the molecule is C/C=C(\C=N)c1cccc(CO)c1F. The Morgan fingerprint density at radius 1 is 1.57 bits per heavy atom. The highest BCUT2D eigenvalue weighted by Gasteiger charge is 2.08. The normalized spacial score (nSPS) is 11.5. The first-order valence-electron chi connectivity index (χ1n) is 4.30. The highest BCUT2D eigenvalue weighted by molar-refractivity contribution is 6.08. The molecule has 0 saturated heterocycles. The fourth-order valence-corrected chi connectivity index (χ4v) is 1.24. The molecule has 0 aliphatic carbocycles. The number of hydrogen-bond donors (Lipinski definition) is 2. The Balaban J connectivity index is 3.28. The third kappa shape index (κ3) is 1.88. The van der Waals surface area contributed by atoms with E-state index in [1.807, 2.05) is 0 Å². The number of hydrogen-bond acceptors (Lipinski definition) is 2. The monoisotopic (exact) mass is 193 g/mol. The fourth-order valence-electron chi connectivity index (χ4n) is 1.24. The number of aliphatic hydroxyl groups excluding tert-OH is 1. The van der Waals surface area contributed by atoms with Crippen LogP contribution in [0.3, 0.4) is 0 Å². The van der Waals surface area contributed by atoms with Crippen molar-refractivity contribution in [2.45, 2.75) is 13.5 Å². The van der Waals surface area contributed by atoms with Gasteiger partial charge in [-0.1, -0.05) is 24.3 Å². The summed E-state index contributed by atoms with van der Waals surface area (Å²) in [6.45, 7) is 1.42. The molecule has 0 heterocycles. The van der Waals surface area contributed by atoms with Gasteiger partial charge in [-0.05, 0) is 12.5 Å². The van der Waals surface area contributed by atoms with E-state index >= 15 is 0 Å². The van der Waals surface area contributed by atoms with Gasteiger partial charge < -0.3 is 10.5 Å². The summed E-state index contributed by atoms with van der Waals surface area (Å²) in [6.07, 6.45) is 2.76. The van der Waals surface area contributed by atoms with Crippen LogP contribution in [-0.4, -0.2) is 11.3 Å². The van der Waals surface area contributed by atoms with Gasteiger partial charge in [0.2, 0.25) is 0 Å². The van der Waals surface area contributed by atoms with Crippen LogP contribution in [0.2, 0.25) is 0 Å². The van der Waals surface area contributed by atoms with Crippen molar-refractivity contribution >= 4 is 11.8 Å². The summed E-state index contributed by atoms with van der Waals surface area (Å²) in [5.74, 6) is -0.452. The van der Waals surface area contributed by atoms with Crippen molar-refractivity contribution in [3.8, 4) is 0 Å². The average molecular weight is 193 g/mol. The zero-order valence-electron chi connectivity index (χ0n) is 7.92. The third-order valence-corrected chi connectivity index (χ3v) is 2.03. The second kappa shape index (κ2) is 4.67. The lowest BCUT2D eigenvalue weighted by molar-refractivity contribution is 0.275. The van der Waals surface area contributed by atoms with E-state index in [2.05, 4.69) is 0 Å². The summed E-state index contributed by atoms with van der Waals surface area (Å²) in [5.41, 5.74) is 1.12. The minimum atomic E-state index is -0.452. The van der Waals surface area contributed by atoms with E-state index in [0.717, 1.165) is 6.21 Å². The van der Waals surface area contributed by atoms with Crippen molar-refractivity contribution in [3.63, 3.8) is 0 Å². The highest BCUT2D eigenvalue weighted by atomic mass is 19.1. The van der Waals surface area contributed by atoms with E-state index in [9.17, 15) is 4.39 Å². The molecule has 2 nitrogen and oxygen atoms in total. The zero-order chi connectivity index (χ0) is 10.6. The van der Waals surface area contributed by atoms with Crippen molar-refractivity contribution in [3.05, 3.63) is 41.2 Å². The molecule has 0 bridgehead atoms. The largest absolute Gasteiger partial charge is 0.392 e. The molecule has 0 amide bonds. The first kappa shape index (κ1) is 10.6. The Morgan fingerprint density at radius 3 is 2.79 bits per heavy atom. The van der Waals surface area contributed by atoms with Crippen LogP contribution in [0.4, 0.5) is 4.39 Å². The number of halogens is 1. The van der Waals surface area contributed by atoms with Crippen LogP contribution in [0.1, 0.15) is 18.1 Å². The van der Waals surface area contributed by atoms with Crippen LogP contribution < -0.4 is 0 Å². The van der Waals surface area contributed by atoms with Gasteiger partial charge in [-0.3, -0.25) is 0 Å². The average Bonchev–Trinajstić information content (AvgIpc) is 2.22. The predicted octanol–water partition coefficient (Wildman–Crippen LogP) is 2.37. The van der Waals surface area contributed by atoms with Crippen LogP contribution >= 0.6 is 0 Å². The van der Waals surface area contributed by atoms with Crippen molar-refractivity contribution in [1.29, 1.82) is 5.41 Å². The molecule has 1 aromatic carbocycles. The number of aliphatic hydroxyl groups is 1. The summed E-state index contributed by atoms with van der Waals surface area (Å²) in [4.78, 5) is 0. The molecule has 14 heavy (non-hydrogen) atoms. The Hall–Kier alpha value is -1.48. The first-order valence-corrected chi connectivity index (χ1v) is 4.30. The van der Waals surface area contributed by atoms with Crippen LogP contribution in [0, 0.1) is 11.2 Å². The van der Waals surface area contributed by atoms with E-state index in [0.29, 0.717) is 11.1 Å². The molecule has 74 valence electrons. The van der Waals surface area contributed by atoms with Gasteiger partial charge in [-0.2, -0.15) is 0 Å². The van der Waals surface area contributed by atoms with Crippen molar-refractivity contribution in [1.82, 2.24) is 0 Å². The van der Waals surface area contributed by atoms with Gasteiger partial charge >= 0.3 is 0 Å². The third-order valence-electron chi connectivity index (χ3n) is 2.03. The molecule has 3 heteroatoms. The predicted molar refractivity (Wildman–Crippen MR) is 54.8 cm³/mol. The summed E-state index contributed by atoms with van der Waals surface area (Å²) in [5, 5.41) is 16.0. The molecule has 0 fully saturated rings. The Morgan fingerprint density at radius 2 is 2.29 bits per heavy atom. The maximum atomic E-state index is 13.6. The molecular formula is C11H12FNO. The summed E-state index contributed by atoms with van der Waals surface area (Å²) >= 11 is 0. The maximum absolute atomic E-state index is 13.6. The molecule has 0 radical (unpaired) electrons. The summed E-state index contributed by atoms with van der Waals surface area (Å²) in [6, 6.07) is 4.78. The minimum Gasteiger partial charge on any atom is -0.392 e. The Labute approximate surface area is 82.2 Å². The van der Waals surface area contributed by atoms with E-state index in [1.54, 1.807) is 25.1 Å². The van der Waals surface area contributed by atoms with Gasteiger partial charge in [0.25, 0.3) is 0 Å². The topological polar surface area (TPSA) is 44.1 Å². The maximum Gasteiger partial charge on any atom is 0.136 e. The molecule has 0 aliphatic heterocycles. The van der Waals surface area contributed by atoms with E-state index in [1.165, 1.54) is 6.07 Å².